The number of benzene rings is 2. The number of nitrogens with zero attached hydrogens (tertiary/aromatic N) is 2. The molecule has 0 bridgehead atoms. The zero-order valence-corrected chi connectivity index (χ0v) is 13.8. The highest BCUT2D eigenvalue weighted by Gasteiger charge is 2.16. The maximum atomic E-state index is 12.6. The molecule has 2 aromatic carbocycles. The summed E-state index contributed by atoms with van der Waals surface area (Å²) in [4.78, 5) is 12.6. The van der Waals surface area contributed by atoms with Crippen LogP contribution in [0.4, 0.5) is 0 Å². The number of hydrogen-bond acceptors (Lipinski definition) is 4. The van der Waals surface area contributed by atoms with Crippen molar-refractivity contribution in [3.05, 3.63) is 70.5 Å². The van der Waals surface area contributed by atoms with E-state index >= 15 is 0 Å². The van der Waals surface area contributed by atoms with Crippen LogP contribution in [-0.2, 0) is 0 Å². The van der Waals surface area contributed by atoms with Crippen LogP contribution >= 0.6 is 15.9 Å². The number of ketones is 1. The first-order valence-electron chi connectivity index (χ1n) is 6.81. The molecule has 0 spiro atoms. The molecule has 1 N–H and O–H groups in total. The monoisotopic (exact) mass is 372 g/mol. The summed E-state index contributed by atoms with van der Waals surface area (Å²) < 4.78 is 7.66. The molecule has 0 aliphatic heterocycles. The van der Waals surface area contributed by atoms with E-state index in [4.69, 9.17) is 4.74 Å². The van der Waals surface area contributed by atoms with Crippen LogP contribution in [0, 0.1) is 0 Å². The number of carbonyl (C=O) groups excluding carboxylic acids is 1. The van der Waals surface area contributed by atoms with E-state index in [1.807, 2.05) is 24.3 Å². The number of rotatable bonds is 4. The molecule has 0 aliphatic carbocycles. The van der Waals surface area contributed by atoms with Crippen molar-refractivity contribution in [1.82, 2.24) is 9.78 Å². The predicted octanol–water partition coefficient (Wildman–Crippen LogP) is 3.58. The molecule has 3 aromatic rings. The Morgan fingerprint density at radius 1 is 1.22 bits per heavy atom. The number of phenols is 1. The summed E-state index contributed by atoms with van der Waals surface area (Å²) >= 11 is 3.38. The van der Waals surface area contributed by atoms with Gasteiger partial charge in [-0.25, -0.2) is 4.68 Å². The van der Waals surface area contributed by atoms with E-state index in [0.717, 1.165) is 10.2 Å². The number of aromatic hydroxyl groups is 1. The first-order valence-corrected chi connectivity index (χ1v) is 7.60. The first kappa shape index (κ1) is 15.3. The summed E-state index contributed by atoms with van der Waals surface area (Å²) in [5, 5.41) is 14.1. The van der Waals surface area contributed by atoms with Crippen molar-refractivity contribution in [3.63, 3.8) is 0 Å². The fourth-order valence-corrected chi connectivity index (χ4v) is 2.42. The summed E-state index contributed by atoms with van der Waals surface area (Å²) in [6.45, 7) is 0. The Labute approximate surface area is 141 Å². The highest BCUT2D eigenvalue weighted by Crippen LogP contribution is 2.25. The van der Waals surface area contributed by atoms with E-state index in [1.54, 1.807) is 16.9 Å². The van der Waals surface area contributed by atoms with E-state index in [1.165, 1.54) is 25.4 Å². The molecule has 1 heterocycles. The lowest BCUT2D eigenvalue weighted by molar-refractivity contribution is 0.103. The Bertz CT molecular complexity index is 857. The van der Waals surface area contributed by atoms with Crippen LogP contribution in [0.15, 0.2) is 59.3 Å². The average molecular weight is 373 g/mol. The van der Waals surface area contributed by atoms with Crippen LogP contribution in [-0.4, -0.2) is 27.8 Å². The molecule has 6 heteroatoms. The number of aromatic nitrogens is 2. The van der Waals surface area contributed by atoms with Gasteiger partial charge in [0.05, 0.1) is 30.1 Å². The van der Waals surface area contributed by atoms with Gasteiger partial charge in [0, 0.05) is 10.7 Å². The largest absolute Gasteiger partial charge is 0.507 e. The van der Waals surface area contributed by atoms with Crippen LogP contribution in [0.1, 0.15) is 15.9 Å². The summed E-state index contributed by atoms with van der Waals surface area (Å²) in [6.07, 6.45) is 3.10. The van der Waals surface area contributed by atoms with Gasteiger partial charge in [-0.3, -0.25) is 4.79 Å². The van der Waals surface area contributed by atoms with E-state index in [9.17, 15) is 9.90 Å². The Balaban J connectivity index is 1.94. The standard InChI is InChI=1S/C17H13BrN2O3/c1-23-14-6-7-16(21)15(8-14)17(22)11-9-19-20(10-11)13-4-2-12(18)3-5-13/h2-10,21H,1H3. The average Bonchev–Trinajstić information content (AvgIpc) is 3.05. The minimum Gasteiger partial charge on any atom is -0.507 e. The van der Waals surface area contributed by atoms with Crippen molar-refractivity contribution in [2.24, 2.45) is 0 Å². The van der Waals surface area contributed by atoms with Crippen LogP contribution < -0.4 is 4.74 Å². The van der Waals surface area contributed by atoms with Gasteiger partial charge in [-0.05, 0) is 42.5 Å². The van der Waals surface area contributed by atoms with E-state index in [2.05, 4.69) is 21.0 Å². The molecular formula is C17H13BrN2O3. The molecule has 1 aromatic heterocycles. The van der Waals surface area contributed by atoms with Crippen LogP contribution in [0.25, 0.3) is 5.69 Å². The van der Waals surface area contributed by atoms with Gasteiger partial charge in [0.15, 0.2) is 5.78 Å². The molecule has 0 atom stereocenters. The van der Waals surface area contributed by atoms with Crippen LogP contribution in [0.5, 0.6) is 11.5 Å². The highest BCUT2D eigenvalue weighted by molar-refractivity contribution is 9.10. The normalized spacial score (nSPS) is 10.5. The zero-order valence-electron chi connectivity index (χ0n) is 12.2. The molecule has 23 heavy (non-hydrogen) atoms. The number of carbonyl (C=O) groups is 1. The smallest absolute Gasteiger partial charge is 0.200 e. The number of methoxy groups -OCH3 is 1. The molecule has 116 valence electrons. The molecule has 0 fully saturated rings. The van der Waals surface area contributed by atoms with Gasteiger partial charge in [0.2, 0.25) is 0 Å². The molecule has 0 saturated carbocycles. The third-order valence-corrected chi connectivity index (χ3v) is 3.91. The van der Waals surface area contributed by atoms with Crippen molar-refractivity contribution in [1.29, 1.82) is 0 Å². The third kappa shape index (κ3) is 3.12. The zero-order chi connectivity index (χ0) is 16.4. The number of phenolic OH excluding ortho intramolecular Hbond substituents is 1. The molecule has 0 unspecified atom stereocenters. The SMILES string of the molecule is COc1ccc(O)c(C(=O)c2cnn(-c3ccc(Br)cc3)c2)c1. The van der Waals surface area contributed by atoms with Crippen molar-refractivity contribution >= 4 is 21.7 Å². The molecule has 3 rings (SSSR count). The number of hydrogen-bond donors (Lipinski definition) is 1. The topological polar surface area (TPSA) is 64.3 Å². The van der Waals surface area contributed by atoms with E-state index in [0.29, 0.717) is 11.3 Å². The summed E-state index contributed by atoms with van der Waals surface area (Å²) in [5.74, 6) is 0.100. The van der Waals surface area contributed by atoms with Gasteiger partial charge in [0.1, 0.15) is 11.5 Å². The molecule has 0 aliphatic rings. The van der Waals surface area contributed by atoms with Gasteiger partial charge in [-0.2, -0.15) is 5.10 Å². The van der Waals surface area contributed by atoms with Gasteiger partial charge >= 0.3 is 0 Å². The molecule has 0 saturated heterocycles. The molecule has 5 nitrogen and oxygen atoms in total. The number of ether oxygens (including phenoxy) is 1. The maximum Gasteiger partial charge on any atom is 0.200 e. The fraction of sp³-hybridized carbons (Fsp3) is 0.0588. The lowest BCUT2D eigenvalue weighted by Gasteiger charge is -2.05. The lowest BCUT2D eigenvalue weighted by Crippen LogP contribution is -2.01. The predicted molar refractivity (Wildman–Crippen MR) is 89.4 cm³/mol. The highest BCUT2D eigenvalue weighted by atomic mass is 79.9. The van der Waals surface area contributed by atoms with E-state index in [-0.39, 0.29) is 17.1 Å². The summed E-state index contributed by atoms with van der Waals surface area (Å²) in [5.41, 5.74) is 1.40. The Morgan fingerprint density at radius 3 is 2.65 bits per heavy atom. The third-order valence-electron chi connectivity index (χ3n) is 3.38. The Hall–Kier alpha value is -2.60. The summed E-state index contributed by atoms with van der Waals surface area (Å²) in [6, 6.07) is 12.1. The van der Waals surface area contributed by atoms with Gasteiger partial charge in [-0.1, -0.05) is 15.9 Å². The van der Waals surface area contributed by atoms with Crippen molar-refractivity contribution in [2.45, 2.75) is 0 Å². The van der Waals surface area contributed by atoms with E-state index < -0.39 is 0 Å². The molecule has 0 amide bonds. The Kier molecular flexibility index (Phi) is 4.16. The van der Waals surface area contributed by atoms with Crippen molar-refractivity contribution in [3.8, 4) is 17.2 Å². The second-order valence-corrected chi connectivity index (χ2v) is 5.78. The van der Waals surface area contributed by atoms with Gasteiger partial charge in [-0.15, -0.1) is 0 Å². The minimum atomic E-state index is -0.315. The van der Waals surface area contributed by atoms with Crippen molar-refractivity contribution < 1.29 is 14.6 Å². The minimum absolute atomic E-state index is 0.0906. The molecule has 0 radical (unpaired) electrons. The second kappa shape index (κ2) is 6.26. The van der Waals surface area contributed by atoms with Gasteiger partial charge < -0.3 is 9.84 Å². The second-order valence-electron chi connectivity index (χ2n) is 4.86. The van der Waals surface area contributed by atoms with Gasteiger partial charge in [0.25, 0.3) is 0 Å². The lowest BCUT2D eigenvalue weighted by atomic mass is 10.1. The van der Waals surface area contributed by atoms with Crippen molar-refractivity contribution in [2.75, 3.05) is 7.11 Å². The number of halogens is 1. The first-order chi connectivity index (χ1) is 11.1. The Morgan fingerprint density at radius 2 is 1.96 bits per heavy atom. The quantitative estimate of drug-likeness (QED) is 0.710. The van der Waals surface area contributed by atoms with Crippen LogP contribution in [0.3, 0.4) is 0 Å². The fourth-order valence-electron chi connectivity index (χ4n) is 2.15. The molecular weight excluding hydrogens is 360 g/mol. The maximum absolute atomic E-state index is 12.6. The summed E-state index contributed by atoms with van der Waals surface area (Å²) in [7, 11) is 1.51. The van der Waals surface area contributed by atoms with Crippen LogP contribution in [0.2, 0.25) is 0 Å².